The Hall–Kier alpha value is -2.76. The molecule has 25 heavy (non-hydrogen) atoms. The maximum Gasteiger partial charge on any atom is 0.254 e. The summed E-state index contributed by atoms with van der Waals surface area (Å²) in [7, 11) is 6.73. The van der Waals surface area contributed by atoms with Crippen molar-refractivity contribution in [3.8, 4) is 0 Å². The van der Waals surface area contributed by atoms with Crippen LogP contribution in [-0.4, -0.2) is 49.8 Å². The van der Waals surface area contributed by atoms with Crippen LogP contribution in [0.25, 0.3) is 0 Å². The number of carbonyl (C=O) groups is 2. The van der Waals surface area contributed by atoms with E-state index in [1.807, 2.05) is 64.3 Å². The van der Waals surface area contributed by atoms with Gasteiger partial charge in [0.1, 0.15) is 5.92 Å². The summed E-state index contributed by atoms with van der Waals surface area (Å²) in [5, 5.41) is 0. The molecule has 2 amide bonds. The third-order valence-corrected chi connectivity index (χ3v) is 4.04. The molecule has 2 rings (SSSR count). The summed E-state index contributed by atoms with van der Waals surface area (Å²) in [5.41, 5.74) is 1.03. The van der Waals surface area contributed by atoms with Crippen molar-refractivity contribution in [2.45, 2.75) is 12.8 Å². The summed E-state index contributed by atoms with van der Waals surface area (Å²) in [6, 6.07) is 11.8. The van der Waals surface area contributed by atoms with E-state index in [9.17, 15) is 9.59 Å². The van der Waals surface area contributed by atoms with Crippen molar-refractivity contribution in [3.63, 3.8) is 0 Å². The molecule has 2 heterocycles. The molecule has 0 radical (unpaired) electrons. The predicted octanol–water partition coefficient (Wildman–Crippen LogP) is 0.298. The van der Waals surface area contributed by atoms with Crippen LogP contribution >= 0.6 is 0 Å². The Bertz CT molecular complexity index is 709. The predicted molar refractivity (Wildman–Crippen MR) is 93.3 cm³/mol. The lowest BCUT2D eigenvalue weighted by Crippen LogP contribution is -2.67. The van der Waals surface area contributed by atoms with Crippen molar-refractivity contribution in [1.29, 1.82) is 0 Å². The normalized spacial score (nSPS) is 10.6. The minimum absolute atomic E-state index is 0.159. The highest BCUT2D eigenvalue weighted by atomic mass is 16.2. The van der Waals surface area contributed by atoms with Crippen LogP contribution in [0.2, 0.25) is 0 Å². The highest BCUT2D eigenvalue weighted by molar-refractivity contribution is 5.99. The fourth-order valence-corrected chi connectivity index (χ4v) is 2.69. The van der Waals surface area contributed by atoms with Gasteiger partial charge in [-0.3, -0.25) is 9.59 Å². The highest BCUT2D eigenvalue weighted by Crippen LogP contribution is 2.13. The van der Waals surface area contributed by atoms with Gasteiger partial charge >= 0.3 is 0 Å². The van der Waals surface area contributed by atoms with Gasteiger partial charge in [-0.1, -0.05) is 0 Å². The van der Waals surface area contributed by atoms with Gasteiger partial charge in [-0.25, -0.2) is 0 Å². The molecule has 0 saturated heterocycles. The molecule has 132 valence electrons. The molecule has 2 aromatic rings. The number of carbonyl (C=O) groups excluding carboxylic acids is 2. The smallest absolute Gasteiger partial charge is 0.254 e. The monoisotopic (exact) mass is 342 g/mol. The largest absolute Gasteiger partial charge is 0.348 e. The fraction of sp³-hybridized carbons (Fsp3) is 0.368. The Balaban J connectivity index is 2.24. The minimum atomic E-state index is -0.667. The molecular formula is C19H26N4O2+2. The quantitative estimate of drug-likeness (QED) is 0.560. The molecule has 0 aromatic carbocycles. The SMILES string of the molecule is CN(C)C(=O)C(CCc1cccc[n+]1-[n+]1ccccc1)C(=O)N(C)C. The van der Waals surface area contributed by atoms with Crippen molar-refractivity contribution in [2.75, 3.05) is 28.2 Å². The van der Waals surface area contributed by atoms with E-state index in [1.54, 1.807) is 28.2 Å². The molecule has 6 heteroatoms. The fourth-order valence-electron chi connectivity index (χ4n) is 2.69. The Kier molecular flexibility index (Phi) is 6.22. The molecule has 0 unspecified atom stereocenters. The van der Waals surface area contributed by atoms with Gasteiger partial charge in [-0.15, -0.1) is 0 Å². The summed E-state index contributed by atoms with van der Waals surface area (Å²) in [6.45, 7) is 0. The molecule has 0 spiro atoms. The number of hydrogen-bond acceptors (Lipinski definition) is 2. The minimum Gasteiger partial charge on any atom is -0.348 e. The number of pyridine rings is 2. The lowest BCUT2D eigenvalue weighted by molar-refractivity contribution is -1.30. The van der Waals surface area contributed by atoms with E-state index < -0.39 is 5.92 Å². The molecule has 0 aliphatic rings. The zero-order valence-electron chi connectivity index (χ0n) is 15.3. The molecule has 0 N–H and O–H groups in total. The Morgan fingerprint density at radius 2 is 1.44 bits per heavy atom. The Labute approximate surface area is 148 Å². The van der Waals surface area contributed by atoms with Crippen LogP contribution in [0.15, 0.2) is 55.0 Å². The van der Waals surface area contributed by atoms with Crippen molar-refractivity contribution in [3.05, 3.63) is 60.7 Å². The zero-order valence-corrected chi connectivity index (χ0v) is 15.3. The molecular weight excluding hydrogens is 316 g/mol. The number of nitrogens with zero attached hydrogens (tertiary/aromatic N) is 4. The van der Waals surface area contributed by atoms with Crippen molar-refractivity contribution in [1.82, 2.24) is 9.80 Å². The standard InChI is InChI=1S/C19H26N4O2/c1-20(2)18(24)17(19(25)21(3)4)12-11-16-10-6-9-15-23(16)22-13-7-5-8-14-22/h5-10,13-15,17H,11-12H2,1-4H3/q+2. The molecule has 0 atom stereocenters. The van der Waals surface area contributed by atoms with E-state index in [0.717, 1.165) is 5.69 Å². The second-order valence-corrected chi connectivity index (χ2v) is 6.35. The summed E-state index contributed by atoms with van der Waals surface area (Å²) >= 11 is 0. The van der Waals surface area contributed by atoms with E-state index >= 15 is 0 Å². The third-order valence-electron chi connectivity index (χ3n) is 4.04. The van der Waals surface area contributed by atoms with Crippen LogP contribution in [0.4, 0.5) is 0 Å². The molecule has 0 saturated carbocycles. The van der Waals surface area contributed by atoms with Crippen LogP contribution in [0.5, 0.6) is 0 Å². The molecule has 0 fully saturated rings. The number of aromatic nitrogens is 2. The number of amides is 2. The van der Waals surface area contributed by atoms with E-state index in [-0.39, 0.29) is 11.8 Å². The van der Waals surface area contributed by atoms with Gasteiger partial charge in [-0.05, 0) is 18.6 Å². The van der Waals surface area contributed by atoms with Crippen LogP contribution in [-0.2, 0) is 16.0 Å². The van der Waals surface area contributed by atoms with Gasteiger partial charge in [0.2, 0.25) is 30.4 Å². The van der Waals surface area contributed by atoms with E-state index in [0.29, 0.717) is 12.8 Å². The van der Waals surface area contributed by atoms with Crippen molar-refractivity contribution < 1.29 is 18.9 Å². The average molecular weight is 342 g/mol. The highest BCUT2D eigenvalue weighted by Gasteiger charge is 2.31. The summed E-state index contributed by atoms with van der Waals surface area (Å²) in [6.07, 6.45) is 6.96. The number of hydrogen-bond donors (Lipinski definition) is 0. The van der Waals surface area contributed by atoms with Crippen molar-refractivity contribution in [2.24, 2.45) is 5.92 Å². The van der Waals surface area contributed by atoms with Crippen LogP contribution in [0, 0.1) is 5.92 Å². The molecule has 6 nitrogen and oxygen atoms in total. The molecule has 0 aliphatic heterocycles. The van der Waals surface area contributed by atoms with E-state index in [4.69, 9.17) is 0 Å². The first-order chi connectivity index (χ1) is 11.9. The topological polar surface area (TPSA) is 48.4 Å². The average Bonchev–Trinajstić information content (AvgIpc) is 2.62. The first-order valence-electron chi connectivity index (χ1n) is 8.30. The van der Waals surface area contributed by atoms with Crippen LogP contribution in [0.3, 0.4) is 0 Å². The lowest BCUT2D eigenvalue weighted by Gasteiger charge is -2.22. The Morgan fingerprint density at radius 1 is 0.880 bits per heavy atom. The van der Waals surface area contributed by atoms with Gasteiger partial charge in [0.05, 0.1) is 9.35 Å². The van der Waals surface area contributed by atoms with Gasteiger partial charge in [-0.2, -0.15) is 0 Å². The zero-order chi connectivity index (χ0) is 18.4. The number of rotatable bonds is 6. The second kappa shape index (κ2) is 8.37. The lowest BCUT2D eigenvalue weighted by atomic mass is 9.98. The van der Waals surface area contributed by atoms with Crippen LogP contribution in [0.1, 0.15) is 12.1 Å². The number of aryl methyl sites for hydroxylation is 1. The van der Waals surface area contributed by atoms with Gasteiger partial charge < -0.3 is 9.80 Å². The molecule has 2 aromatic heterocycles. The molecule has 0 aliphatic carbocycles. The summed E-state index contributed by atoms with van der Waals surface area (Å²) in [5.74, 6) is -0.985. The molecule has 0 bridgehead atoms. The maximum absolute atomic E-state index is 12.4. The van der Waals surface area contributed by atoms with E-state index in [1.165, 1.54) is 9.80 Å². The first-order valence-corrected chi connectivity index (χ1v) is 8.30. The summed E-state index contributed by atoms with van der Waals surface area (Å²) < 4.78 is 3.98. The van der Waals surface area contributed by atoms with E-state index in [2.05, 4.69) is 0 Å². The first kappa shape index (κ1) is 18.6. The van der Waals surface area contributed by atoms with Crippen molar-refractivity contribution >= 4 is 11.8 Å². The van der Waals surface area contributed by atoms with Crippen LogP contribution < -0.4 is 9.35 Å². The van der Waals surface area contributed by atoms with Gasteiger partial charge in [0.15, 0.2) is 0 Å². The second-order valence-electron chi connectivity index (χ2n) is 6.35. The van der Waals surface area contributed by atoms with Gasteiger partial charge in [0.25, 0.3) is 5.69 Å². The Morgan fingerprint density at radius 3 is 2.00 bits per heavy atom. The summed E-state index contributed by atoms with van der Waals surface area (Å²) in [4.78, 5) is 27.8. The third kappa shape index (κ3) is 4.62. The maximum atomic E-state index is 12.4. The van der Waals surface area contributed by atoms with Gasteiger partial charge in [0, 0.05) is 58.9 Å².